The lowest BCUT2D eigenvalue weighted by Gasteiger charge is -2.45. The lowest BCUT2D eigenvalue weighted by atomic mass is 9.96. The standard InChI is InChI=1S/C19H19F2N5O3.C5H10O/c1-19(27)7-26(8-19)17-16-9(6-23-18(22)25-16)4-10(24-17)13-14(20)11(28-2)5-12(29-3)15(13)21;1-2-4-6-5-3-1/h4-6,27H,7-8H2,1-3H3,(H2,22,23,25);1-5H2. The summed E-state index contributed by atoms with van der Waals surface area (Å²) in [5, 5.41) is 10.6. The molecule has 0 aliphatic carbocycles. The van der Waals surface area contributed by atoms with E-state index in [1.807, 2.05) is 0 Å². The van der Waals surface area contributed by atoms with E-state index in [2.05, 4.69) is 15.0 Å². The minimum atomic E-state index is -0.907. The molecule has 0 unspecified atom stereocenters. The van der Waals surface area contributed by atoms with Gasteiger partial charge in [0.2, 0.25) is 5.95 Å². The van der Waals surface area contributed by atoms with Crippen LogP contribution in [0.1, 0.15) is 26.2 Å². The Bertz CT molecular complexity index is 1170. The first-order valence-corrected chi connectivity index (χ1v) is 11.3. The number of hydrogen-bond acceptors (Lipinski definition) is 9. The minimum Gasteiger partial charge on any atom is -0.494 e. The number of pyridine rings is 1. The number of nitrogens with zero attached hydrogens (tertiary/aromatic N) is 4. The van der Waals surface area contributed by atoms with Crippen molar-refractivity contribution in [2.75, 3.05) is 51.2 Å². The Balaban J connectivity index is 0.000000421. The van der Waals surface area contributed by atoms with Gasteiger partial charge in [0.25, 0.3) is 0 Å². The average molecular weight is 490 g/mol. The molecule has 0 radical (unpaired) electrons. The number of benzene rings is 1. The summed E-state index contributed by atoms with van der Waals surface area (Å²) in [4.78, 5) is 14.4. The molecule has 0 amide bonds. The van der Waals surface area contributed by atoms with Crippen LogP contribution in [0.3, 0.4) is 0 Å². The number of ether oxygens (including phenoxy) is 3. The van der Waals surface area contributed by atoms with Gasteiger partial charge in [-0.1, -0.05) is 0 Å². The third-order valence-electron chi connectivity index (χ3n) is 5.84. The fourth-order valence-electron chi connectivity index (χ4n) is 4.11. The van der Waals surface area contributed by atoms with Crippen molar-refractivity contribution < 1.29 is 28.1 Å². The van der Waals surface area contributed by atoms with Crippen LogP contribution in [-0.2, 0) is 4.74 Å². The third-order valence-corrected chi connectivity index (χ3v) is 5.84. The van der Waals surface area contributed by atoms with Gasteiger partial charge in [0.1, 0.15) is 5.52 Å². The molecule has 188 valence electrons. The summed E-state index contributed by atoms with van der Waals surface area (Å²) in [6, 6.07) is 2.60. The first kappa shape index (κ1) is 24.8. The molecule has 11 heteroatoms. The predicted octanol–water partition coefficient (Wildman–Crippen LogP) is 3.33. The van der Waals surface area contributed by atoms with Crippen LogP contribution in [0.5, 0.6) is 11.5 Å². The molecule has 0 bridgehead atoms. The Hall–Kier alpha value is -3.31. The zero-order valence-corrected chi connectivity index (χ0v) is 20.0. The molecule has 2 fully saturated rings. The van der Waals surface area contributed by atoms with Gasteiger partial charge in [-0.3, -0.25) is 0 Å². The van der Waals surface area contributed by atoms with Gasteiger partial charge in [0.15, 0.2) is 29.0 Å². The molecular weight excluding hydrogens is 460 g/mol. The van der Waals surface area contributed by atoms with Crippen molar-refractivity contribution in [3.8, 4) is 22.8 Å². The lowest BCUT2D eigenvalue weighted by molar-refractivity contribution is 0.0307. The highest BCUT2D eigenvalue weighted by molar-refractivity contribution is 5.92. The first-order chi connectivity index (χ1) is 16.7. The van der Waals surface area contributed by atoms with E-state index in [1.54, 1.807) is 11.8 Å². The van der Waals surface area contributed by atoms with Gasteiger partial charge in [-0.25, -0.2) is 23.7 Å². The number of β-amino-alcohol motifs (C(OH)–C–C–N with tert-alkyl or cyclic N) is 1. The van der Waals surface area contributed by atoms with Crippen molar-refractivity contribution in [3.05, 3.63) is 30.0 Å². The van der Waals surface area contributed by atoms with E-state index in [-0.39, 0.29) is 36.2 Å². The highest BCUT2D eigenvalue weighted by Crippen LogP contribution is 2.40. The molecule has 35 heavy (non-hydrogen) atoms. The van der Waals surface area contributed by atoms with Crippen LogP contribution in [0.15, 0.2) is 18.3 Å². The third kappa shape index (κ3) is 5.20. The molecule has 2 aromatic heterocycles. The summed E-state index contributed by atoms with van der Waals surface area (Å²) in [6.07, 6.45) is 5.39. The maximum atomic E-state index is 15.0. The van der Waals surface area contributed by atoms with Gasteiger partial charge >= 0.3 is 0 Å². The van der Waals surface area contributed by atoms with E-state index >= 15 is 0 Å². The van der Waals surface area contributed by atoms with Gasteiger partial charge < -0.3 is 30.0 Å². The fraction of sp³-hybridized carbons (Fsp3) is 0.458. The summed E-state index contributed by atoms with van der Waals surface area (Å²) in [5.41, 5.74) is 4.86. The van der Waals surface area contributed by atoms with E-state index in [0.717, 1.165) is 19.3 Å². The van der Waals surface area contributed by atoms with Crippen molar-refractivity contribution >= 4 is 22.7 Å². The highest BCUT2D eigenvalue weighted by Gasteiger charge is 2.38. The number of nitrogens with two attached hydrogens (primary N) is 1. The molecule has 4 heterocycles. The van der Waals surface area contributed by atoms with Crippen LogP contribution in [0.25, 0.3) is 22.2 Å². The number of aromatic nitrogens is 3. The number of hydrogen-bond donors (Lipinski definition) is 2. The van der Waals surface area contributed by atoms with Gasteiger partial charge in [-0.05, 0) is 32.3 Å². The molecule has 2 aliphatic rings. The number of halogens is 2. The monoisotopic (exact) mass is 489 g/mol. The lowest BCUT2D eigenvalue weighted by Crippen LogP contribution is -2.60. The predicted molar refractivity (Wildman–Crippen MR) is 128 cm³/mol. The molecule has 3 aromatic rings. The Morgan fingerprint density at radius 3 is 2.14 bits per heavy atom. The number of fused-ring (bicyclic) bond motifs is 1. The van der Waals surface area contributed by atoms with Crippen LogP contribution >= 0.6 is 0 Å². The molecule has 2 aliphatic heterocycles. The van der Waals surface area contributed by atoms with Crippen LogP contribution in [0, 0.1) is 11.6 Å². The minimum absolute atomic E-state index is 0.0135. The van der Waals surface area contributed by atoms with Crippen molar-refractivity contribution in [3.63, 3.8) is 0 Å². The van der Waals surface area contributed by atoms with Gasteiger partial charge in [-0.2, -0.15) is 0 Å². The second-order valence-electron chi connectivity index (χ2n) is 8.81. The van der Waals surface area contributed by atoms with E-state index in [9.17, 15) is 13.9 Å². The molecule has 3 N–H and O–H groups in total. The Morgan fingerprint density at radius 1 is 1.03 bits per heavy atom. The topological polar surface area (TPSA) is 116 Å². The van der Waals surface area contributed by atoms with E-state index < -0.39 is 22.8 Å². The smallest absolute Gasteiger partial charge is 0.220 e. The average Bonchev–Trinajstić information content (AvgIpc) is 2.84. The van der Waals surface area contributed by atoms with Crippen LogP contribution in [0.4, 0.5) is 20.5 Å². The quantitative estimate of drug-likeness (QED) is 0.569. The van der Waals surface area contributed by atoms with E-state index in [1.165, 1.54) is 45.7 Å². The van der Waals surface area contributed by atoms with Crippen molar-refractivity contribution in [1.82, 2.24) is 15.0 Å². The zero-order chi connectivity index (χ0) is 25.2. The number of methoxy groups -OCH3 is 2. The van der Waals surface area contributed by atoms with Gasteiger partial charge in [-0.15, -0.1) is 0 Å². The molecule has 0 saturated carbocycles. The van der Waals surface area contributed by atoms with E-state index in [0.29, 0.717) is 16.7 Å². The molecule has 9 nitrogen and oxygen atoms in total. The summed E-state index contributed by atoms with van der Waals surface area (Å²) < 4.78 is 45.1. The Morgan fingerprint density at radius 2 is 1.66 bits per heavy atom. The molecule has 2 saturated heterocycles. The summed E-state index contributed by atoms with van der Waals surface area (Å²) in [5.74, 6) is -1.78. The maximum Gasteiger partial charge on any atom is 0.220 e. The van der Waals surface area contributed by atoms with Gasteiger partial charge in [0, 0.05) is 44.0 Å². The van der Waals surface area contributed by atoms with Crippen LogP contribution < -0.4 is 20.1 Å². The summed E-state index contributed by atoms with van der Waals surface area (Å²) in [7, 11) is 2.55. The van der Waals surface area contributed by atoms with Crippen molar-refractivity contribution in [2.45, 2.75) is 31.8 Å². The molecule has 1 aromatic carbocycles. The first-order valence-electron chi connectivity index (χ1n) is 11.3. The Kier molecular flexibility index (Phi) is 7.18. The number of nitrogen functional groups attached to an aromatic ring is 1. The number of rotatable bonds is 4. The highest BCUT2D eigenvalue weighted by atomic mass is 19.1. The second kappa shape index (κ2) is 10.1. The molecule has 5 rings (SSSR count). The van der Waals surface area contributed by atoms with Crippen molar-refractivity contribution in [2.24, 2.45) is 0 Å². The number of anilines is 2. The SMILES string of the molecule is C1CCOCC1.COc1cc(OC)c(F)c(-c2cc3cnc(N)nc3c(N3CC(C)(O)C3)n2)c1F. The largest absolute Gasteiger partial charge is 0.494 e. The van der Waals surface area contributed by atoms with Crippen LogP contribution in [0.2, 0.25) is 0 Å². The van der Waals surface area contributed by atoms with Crippen LogP contribution in [-0.4, -0.2) is 66.2 Å². The molecular formula is C24H29F2N5O4. The van der Waals surface area contributed by atoms with E-state index in [4.69, 9.17) is 19.9 Å². The maximum absolute atomic E-state index is 15.0. The second-order valence-corrected chi connectivity index (χ2v) is 8.81. The van der Waals surface area contributed by atoms with Crippen molar-refractivity contribution in [1.29, 1.82) is 0 Å². The number of aliphatic hydroxyl groups is 1. The molecule has 0 atom stereocenters. The Labute approximate surface area is 201 Å². The summed E-state index contributed by atoms with van der Waals surface area (Å²) in [6.45, 7) is 4.26. The van der Waals surface area contributed by atoms with Gasteiger partial charge in [0.05, 0.1) is 31.1 Å². The zero-order valence-electron chi connectivity index (χ0n) is 20.0. The summed E-state index contributed by atoms with van der Waals surface area (Å²) >= 11 is 0. The normalized spacial score (nSPS) is 16.8. The fourth-order valence-corrected chi connectivity index (χ4v) is 4.11. The molecule has 0 spiro atoms.